The number of rotatable bonds is 7. The van der Waals surface area contributed by atoms with Crippen LogP contribution in [0.25, 0.3) is 0 Å². The Labute approximate surface area is 123 Å². The van der Waals surface area contributed by atoms with Crippen LogP contribution in [-0.2, 0) is 12.3 Å². The number of hydrogen-bond acceptors (Lipinski definition) is 4. The number of furan rings is 1. The van der Waals surface area contributed by atoms with Gasteiger partial charge in [0.15, 0.2) is 0 Å². The van der Waals surface area contributed by atoms with Crippen molar-refractivity contribution in [2.24, 2.45) is 0 Å². The van der Waals surface area contributed by atoms with Crippen molar-refractivity contribution in [1.29, 1.82) is 0 Å². The summed E-state index contributed by atoms with van der Waals surface area (Å²) in [5, 5.41) is 3.49. The molecule has 0 amide bonds. The first-order valence-corrected chi connectivity index (χ1v) is 8.15. The van der Waals surface area contributed by atoms with Gasteiger partial charge in [0.2, 0.25) is 0 Å². The van der Waals surface area contributed by atoms with E-state index in [9.17, 15) is 8.78 Å². The van der Waals surface area contributed by atoms with Crippen LogP contribution in [0.15, 0.2) is 16.5 Å². The number of nitrogens with one attached hydrogen (secondary N) is 1. The lowest BCUT2D eigenvalue weighted by atomic mass is 10.1. The third-order valence-corrected chi connectivity index (χ3v) is 4.37. The number of alkyl halides is 2. The van der Waals surface area contributed by atoms with Gasteiger partial charge >= 0.3 is 0 Å². The van der Waals surface area contributed by atoms with Gasteiger partial charge in [-0.05, 0) is 44.6 Å². The Balaban J connectivity index is 1.69. The van der Waals surface area contributed by atoms with E-state index in [4.69, 9.17) is 4.42 Å². The van der Waals surface area contributed by atoms with Gasteiger partial charge in [0, 0.05) is 6.04 Å². The van der Waals surface area contributed by atoms with Crippen LogP contribution in [0.4, 0.5) is 8.78 Å². The second-order valence-electron chi connectivity index (χ2n) is 5.03. The van der Waals surface area contributed by atoms with Crippen molar-refractivity contribution in [3.63, 3.8) is 0 Å². The largest absolute Gasteiger partial charge is 0.464 e. The van der Waals surface area contributed by atoms with Crippen molar-refractivity contribution >= 4 is 11.8 Å². The monoisotopic (exact) mass is 304 g/mol. The minimum atomic E-state index is -2.34. The van der Waals surface area contributed by atoms with Crippen LogP contribution in [0, 0.1) is 0 Å². The Hall–Kier alpha value is -0.590. The summed E-state index contributed by atoms with van der Waals surface area (Å²) in [6.07, 6.45) is 2.31. The number of nitrogens with zero attached hydrogens (tertiary/aromatic N) is 1. The average Bonchev–Trinajstić information content (AvgIpc) is 2.91. The molecule has 0 bridgehead atoms. The highest BCUT2D eigenvalue weighted by Crippen LogP contribution is 2.21. The molecular formula is C14H22F2N2OS. The fourth-order valence-electron chi connectivity index (χ4n) is 2.44. The van der Waals surface area contributed by atoms with Gasteiger partial charge in [-0.25, -0.2) is 0 Å². The summed E-state index contributed by atoms with van der Waals surface area (Å²) < 4.78 is 29.7. The Kier molecular flexibility index (Phi) is 6.32. The molecule has 0 aromatic carbocycles. The molecule has 0 saturated carbocycles. The number of halogens is 2. The second kappa shape index (κ2) is 8.00. The van der Waals surface area contributed by atoms with Crippen LogP contribution < -0.4 is 5.32 Å². The molecule has 0 radical (unpaired) electrons. The molecule has 2 rings (SSSR count). The maximum absolute atomic E-state index is 12.1. The van der Waals surface area contributed by atoms with Gasteiger partial charge in [0.05, 0.1) is 12.3 Å². The molecule has 114 valence electrons. The number of likely N-dealkylation sites (tertiary alicyclic amines) is 1. The zero-order chi connectivity index (χ0) is 14.4. The smallest absolute Gasteiger partial charge is 0.284 e. The van der Waals surface area contributed by atoms with E-state index in [2.05, 4.69) is 17.1 Å². The lowest BCUT2D eigenvalue weighted by molar-refractivity contribution is 0.204. The topological polar surface area (TPSA) is 28.4 Å². The average molecular weight is 304 g/mol. The van der Waals surface area contributed by atoms with Gasteiger partial charge in [-0.3, -0.25) is 0 Å². The van der Waals surface area contributed by atoms with Gasteiger partial charge < -0.3 is 14.6 Å². The van der Waals surface area contributed by atoms with E-state index < -0.39 is 5.76 Å². The zero-order valence-corrected chi connectivity index (χ0v) is 12.6. The van der Waals surface area contributed by atoms with Crippen molar-refractivity contribution in [2.45, 2.75) is 43.9 Å². The molecule has 1 saturated heterocycles. The van der Waals surface area contributed by atoms with Gasteiger partial charge in [-0.15, -0.1) is 0 Å². The van der Waals surface area contributed by atoms with Gasteiger partial charge in [-0.1, -0.05) is 18.7 Å². The molecule has 3 nitrogen and oxygen atoms in total. The zero-order valence-electron chi connectivity index (χ0n) is 11.8. The van der Waals surface area contributed by atoms with Crippen LogP contribution in [-0.4, -0.2) is 36.3 Å². The van der Waals surface area contributed by atoms with Crippen molar-refractivity contribution in [3.8, 4) is 0 Å². The van der Waals surface area contributed by atoms with Gasteiger partial charge in [0.25, 0.3) is 5.76 Å². The molecular weight excluding hydrogens is 282 g/mol. The molecule has 0 unspecified atom stereocenters. The van der Waals surface area contributed by atoms with Crippen molar-refractivity contribution in [1.82, 2.24) is 10.2 Å². The molecule has 2 heterocycles. The van der Waals surface area contributed by atoms with Crippen LogP contribution in [0.2, 0.25) is 0 Å². The third-order valence-electron chi connectivity index (χ3n) is 3.67. The molecule has 1 aromatic rings. The predicted molar refractivity (Wildman–Crippen MR) is 78.0 cm³/mol. The standard InChI is InChI=1S/C14H22F2N2OS/c1-2-18-7-5-11(6-8-18)17-9-12-3-4-13(19-12)10-20-14(15)16/h3-4,11,14,17H,2,5-10H2,1H3. The number of thioether (sulfide) groups is 1. The number of hydrogen-bond donors (Lipinski definition) is 1. The van der Waals surface area contributed by atoms with E-state index in [0.717, 1.165) is 38.2 Å². The first-order chi connectivity index (χ1) is 9.67. The van der Waals surface area contributed by atoms with Crippen molar-refractivity contribution in [2.75, 3.05) is 19.6 Å². The van der Waals surface area contributed by atoms with Gasteiger partial charge in [-0.2, -0.15) is 8.78 Å². The van der Waals surface area contributed by atoms with Crippen LogP contribution >= 0.6 is 11.8 Å². The minimum absolute atomic E-state index is 0.229. The highest BCUT2D eigenvalue weighted by Gasteiger charge is 2.17. The van der Waals surface area contributed by atoms with E-state index in [1.807, 2.05) is 6.07 Å². The normalized spacial score (nSPS) is 18.0. The SMILES string of the molecule is CCN1CCC(NCc2ccc(CSC(F)F)o2)CC1. The lowest BCUT2D eigenvalue weighted by Gasteiger charge is -2.31. The first kappa shape index (κ1) is 15.8. The van der Waals surface area contributed by atoms with Crippen LogP contribution in [0.3, 0.4) is 0 Å². The maximum Gasteiger partial charge on any atom is 0.284 e. The Bertz CT molecular complexity index is 392. The molecule has 0 aliphatic carbocycles. The van der Waals surface area contributed by atoms with E-state index in [0.29, 0.717) is 30.1 Å². The lowest BCUT2D eigenvalue weighted by Crippen LogP contribution is -2.42. The fraction of sp³-hybridized carbons (Fsp3) is 0.714. The molecule has 6 heteroatoms. The summed E-state index contributed by atoms with van der Waals surface area (Å²) in [7, 11) is 0. The summed E-state index contributed by atoms with van der Waals surface area (Å²) >= 11 is 0.594. The molecule has 1 aliphatic heterocycles. The van der Waals surface area contributed by atoms with Crippen molar-refractivity contribution < 1.29 is 13.2 Å². The summed E-state index contributed by atoms with van der Waals surface area (Å²) in [5.74, 6) is -0.668. The molecule has 0 atom stereocenters. The quantitative estimate of drug-likeness (QED) is 0.836. The predicted octanol–water partition coefficient (Wildman–Crippen LogP) is 3.31. The molecule has 1 aliphatic rings. The fourth-order valence-corrected chi connectivity index (χ4v) is 2.88. The molecule has 1 aromatic heterocycles. The Morgan fingerprint density at radius 3 is 2.70 bits per heavy atom. The van der Waals surface area contributed by atoms with Crippen molar-refractivity contribution in [3.05, 3.63) is 23.7 Å². The van der Waals surface area contributed by atoms with E-state index in [1.54, 1.807) is 6.07 Å². The molecule has 1 N–H and O–H groups in total. The molecule has 1 fully saturated rings. The highest BCUT2D eigenvalue weighted by molar-refractivity contribution is 7.98. The van der Waals surface area contributed by atoms with Crippen LogP contribution in [0.5, 0.6) is 0 Å². The van der Waals surface area contributed by atoms with E-state index >= 15 is 0 Å². The maximum atomic E-state index is 12.1. The summed E-state index contributed by atoms with van der Waals surface area (Å²) in [4.78, 5) is 2.45. The Morgan fingerprint density at radius 2 is 2.05 bits per heavy atom. The highest BCUT2D eigenvalue weighted by atomic mass is 32.2. The summed E-state index contributed by atoms with van der Waals surface area (Å²) in [5.41, 5.74) is 0. The first-order valence-electron chi connectivity index (χ1n) is 7.10. The van der Waals surface area contributed by atoms with Gasteiger partial charge in [0.1, 0.15) is 11.5 Å². The minimum Gasteiger partial charge on any atom is -0.464 e. The summed E-state index contributed by atoms with van der Waals surface area (Å²) in [6, 6.07) is 4.18. The third kappa shape index (κ3) is 5.07. The van der Waals surface area contributed by atoms with E-state index in [-0.39, 0.29) is 5.75 Å². The number of piperidine rings is 1. The Morgan fingerprint density at radius 1 is 1.35 bits per heavy atom. The molecule has 0 spiro atoms. The second-order valence-corrected chi connectivity index (χ2v) is 6.01. The summed E-state index contributed by atoms with van der Waals surface area (Å²) in [6.45, 7) is 6.27. The molecule has 20 heavy (non-hydrogen) atoms. The van der Waals surface area contributed by atoms with E-state index in [1.165, 1.54) is 0 Å². The van der Waals surface area contributed by atoms with Crippen LogP contribution in [0.1, 0.15) is 31.3 Å².